The van der Waals surface area contributed by atoms with Gasteiger partial charge in [0.15, 0.2) is 0 Å². The van der Waals surface area contributed by atoms with Gasteiger partial charge in [0.05, 0.1) is 5.69 Å². The summed E-state index contributed by atoms with van der Waals surface area (Å²) in [7, 11) is 0. The van der Waals surface area contributed by atoms with Gasteiger partial charge in [-0.05, 0) is 45.0 Å². The number of hydrogen-bond acceptors (Lipinski definition) is 2. The van der Waals surface area contributed by atoms with Crippen molar-refractivity contribution in [1.82, 2.24) is 9.55 Å². The average molecular weight is 309 g/mol. The van der Waals surface area contributed by atoms with Crippen molar-refractivity contribution in [3.05, 3.63) is 46.5 Å². The molecule has 1 aromatic carbocycles. The molecule has 2 rings (SSSR count). The van der Waals surface area contributed by atoms with E-state index in [1.807, 2.05) is 31.2 Å². The Morgan fingerprint density at radius 2 is 1.94 bits per heavy atom. The highest BCUT2D eigenvalue weighted by Crippen LogP contribution is 2.18. The van der Waals surface area contributed by atoms with E-state index >= 15 is 0 Å². The predicted molar refractivity (Wildman–Crippen MR) is 75.8 cm³/mol. The standard InChI is InChI=1S/C14H17BrN2O/c1-10(2)17-8-11(3)16-14(17)9-18-13-6-4-12(15)5-7-13/h4-8,10H,9H2,1-3H3. The molecular weight excluding hydrogens is 292 g/mol. The minimum Gasteiger partial charge on any atom is -0.486 e. The molecule has 0 aliphatic heterocycles. The van der Waals surface area contributed by atoms with Crippen LogP contribution < -0.4 is 4.74 Å². The molecule has 0 aliphatic carbocycles. The van der Waals surface area contributed by atoms with E-state index in [-0.39, 0.29) is 0 Å². The van der Waals surface area contributed by atoms with Crippen LogP contribution in [0, 0.1) is 6.92 Å². The molecular formula is C14H17BrN2O. The van der Waals surface area contributed by atoms with E-state index in [9.17, 15) is 0 Å². The van der Waals surface area contributed by atoms with Crippen LogP contribution in [0.25, 0.3) is 0 Å². The van der Waals surface area contributed by atoms with Gasteiger partial charge in [-0.2, -0.15) is 0 Å². The average Bonchev–Trinajstić information content (AvgIpc) is 2.70. The SMILES string of the molecule is Cc1cn(C(C)C)c(COc2ccc(Br)cc2)n1. The summed E-state index contributed by atoms with van der Waals surface area (Å²) in [6.07, 6.45) is 2.06. The van der Waals surface area contributed by atoms with Crippen molar-refractivity contribution in [1.29, 1.82) is 0 Å². The molecule has 0 saturated heterocycles. The Labute approximate surface area is 116 Å². The molecule has 3 nitrogen and oxygen atoms in total. The highest BCUT2D eigenvalue weighted by molar-refractivity contribution is 9.10. The van der Waals surface area contributed by atoms with Gasteiger partial charge in [0, 0.05) is 16.7 Å². The molecule has 0 saturated carbocycles. The lowest BCUT2D eigenvalue weighted by Gasteiger charge is -2.12. The lowest BCUT2D eigenvalue weighted by atomic mass is 10.3. The second kappa shape index (κ2) is 5.57. The monoisotopic (exact) mass is 308 g/mol. The molecule has 0 aliphatic rings. The number of hydrogen-bond donors (Lipinski definition) is 0. The van der Waals surface area contributed by atoms with Gasteiger partial charge in [-0.1, -0.05) is 15.9 Å². The van der Waals surface area contributed by atoms with Crippen LogP contribution in [-0.2, 0) is 6.61 Å². The number of halogens is 1. The summed E-state index contributed by atoms with van der Waals surface area (Å²) < 4.78 is 8.94. The first-order valence-electron chi connectivity index (χ1n) is 5.99. The molecule has 4 heteroatoms. The Morgan fingerprint density at radius 1 is 1.28 bits per heavy atom. The number of nitrogens with zero attached hydrogens (tertiary/aromatic N) is 2. The number of benzene rings is 1. The first-order valence-corrected chi connectivity index (χ1v) is 6.78. The van der Waals surface area contributed by atoms with Gasteiger partial charge in [0.1, 0.15) is 18.2 Å². The molecule has 0 radical (unpaired) electrons. The molecule has 0 N–H and O–H groups in total. The van der Waals surface area contributed by atoms with Crippen molar-refractivity contribution < 1.29 is 4.74 Å². The molecule has 0 atom stereocenters. The minimum absolute atomic E-state index is 0.398. The van der Waals surface area contributed by atoms with Gasteiger partial charge in [-0.25, -0.2) is 4.98 Å². The zero-order chi connectivity index (χ0) is 13.1. The quantitative estimate of drug-likeness (QED) is 0.849. The van der Waals surface area contributed by atoms with Crippen LogP contribution in [0.2, 0.25) is 0 Å². The Hall–Kier alpha value is -1.29. The highest BCUT2D eigenvalue weighted by atomic mass is 79.9. The summed E-state index contributed by atoms with van der Waals surface area (Å²) in [5, 5.41) is 0. The lowest BCUT2D eigenvalue weighted by molar-refractivity contribution is 0.286. The van der Waals surface area contributed by atoms with Crippen molar-refractivity contribution in [3.8, 4) is 5.75 Å². The Morgan fingerprint density at radius 3 is 2.56 bits per heavy atom. The molecule has 0 spiro atoms. The van der Waals surface area contributed by atoms with E-state index < -0.39 is 0 Å². The van der Waals surface area contributed by atoms with E-state index in [0.717, 1.165) is 21.7 Å². The summed E-state index contributed by atoms with van der Waals surface area (Å²) in [5.74, 6) is 1.82. The maximum atomic E-state index is 5.75. The summed E-state index contributed by atoms with van der Waals surface area (Å²) in [4.78, 5) is 4.49. The van der Waals surface area contributed by atoms with Crippen molar-refractivity contribution in [3.63, 3.8) is 0 Å². The molecule has 18 heavy (non-hydrogen) atoms. The molecule has 2 aromatic rings. The van der Waals surface area contributed by atoms with Gasteiger partial charge in [0.25, 0.3) is 0 Å². The molecule has 0 bridgehead atoms. The zero-order valence-corrected chi connectivity index (χ0v) is 12.4. The predicted octanol–water partition coefficient (Wildman–Crippen LogP) is 4.11. The fourth-order valence-corrected chi connectivity index (χ4v) is 2.06. The van der Waals surface area contributed by atoms with Gasteiger partial charge in [0.2, 0.25) is 0 Å². The zero-order valence-electron chi connectivity index (χ0n) is 10.9. The van der Waals surface area contributed by atoms with Gasteiger partial charge < -0.3 is 9.30 Å². The topological polar surface area (TPSA) is 27.1 Å². The second-order valence-corrected chi connectivity index (χ2v) is 5.46. The minimum atomic E-state index is 0.398. The van der Waals surface area contributed by atoms with E-state index in [1.165, 1.54) is 0 Å². The summed E-state index contributed by atoms with van der Waals surface area (Å²) >= 11 is 3.40. The molecule has 1 aromatic heterocycles. The van der Waals surface area contributed by atoms with E-state index in [0.29, 0.717) is 12.6 Å². The van der Waals surface area contributed by atoms with E-state index in [2.05, 4.69) is 45.5 Å². The van der Waals surface area contributed by atoms with Crippen LogP contribution in [0.5, 0.6) is 5.75 Å². The Balaban J connectivity index is 2.08. The maximum absolute atomic E-state index is 5.75. The molecule has 0 unspecified atom stereocenters. The number of aromatic nitrogens is 2. The van der Waals surface area contributed by atoms with Crippen LogP contribution >= 0.6 is 15.9 Å². The molecule has 1 heterocycles. The highest BCUT2D eigenvalue weighted by Gasteiger charge is 2.09. The number of ether oxygens (including phenoxy) is 1. The third-order valence-electron chi connectivity index (χ3n) is 2.67. The Bertz CT molecular complexity index is 517. The molecule has 96 valence electrons. The number of imidazole rings is 1. The third-order valence-corrected chi connectivity index (χ3v) is 3.20. The Kier molecular flexibility index (Phi) is 4.07. The van der Waals surface area contributed by atoms with Crippen LogP contribution in [0.3, 0.4) is 0 Å². The molecule has 0 amide bonds. The van der Waals surface area contributed by atoms with Crippen molar-refractivity contribution in [2.24, 2.45) is 0 Å². The number of rotatable bonds is 4. The van der Waals surface area contributed by atoms with Crippen LogP contribution in [-0.4, -0.2) is 9.55 Å². The smallest absolute Gasteiger partial charge is 0.147 e. The van der Waals surface area contributed by atoms with Crippen LogP contribution in [0.15, 0.2) is 34.9 Å². The van der Waals surface area contributed by atoms with Crippen molar-refractivity contribution >= 4 is 15.9 Å². The van der Waals surface area contributed by atoms with Crippen molar-refractivity contribution in [2.45, 2.75) is 33.4 Å². The second-order valence-electron chi connectivity index (χ2n) is 4.54. The number of aryl methyl sites for hydroxylation is 1. The maximum Gasteiger partial charge on any atom is 0.147 e. The molecule has 0 fully saturated rings. The summed E-state index contributed by atoms with van der Waals surface area (Å²) in [6, 6.07) is 8.22. The first-order chi connectivity index (χ1) is 8.56. The third kappa shape index (κ3) is 3.13. The first kappa shape index (κ1) is 13.1. The van der Waals surface area contributed by atoms with Crippen LogP contribution in [0.4, 0.5) is 0 Å². The van der Waals surface area contributed by atoms with Gasteiger partial charge in [-0.3, -0.25) is 0 Å². The van der Waals surface area contributed by atoms with Crippen molar-refractivity contribution in [2.75, 3.05) is 0 Å². The van der Waals surface area contributed by atoms with Gasteiger partial charge in [-0.15, -0.1) is 0 Å². The summed E-state index contributed by atoms with van der Waals surface area (Å²) in [6.45, 7) is 6.78. The summed E-state index contributed by atoms with van der Waals surface area (Å²) in [5.41, 5.74) is 1.03. The normalized spacial score (nSPS) is 10.9. The lowest BCUT2D eigenvalue weighted by Crippen LogP contribution is -2.08. The fraction of sp³-hybridized carbons (Fsp3) is 0.357. The van der Waals surface area contributed by atoms with Gasteiger partial charge >= 0.3 is 0 Å². The van der Waals surface area contributed by atoms with E-state index in [1.54, 1.807) is 0 Å². The van der Waals surface area contributed by atoms with E-state index in [4.69, 9.17) is 4.74 Å². The largest absolute Gasteiger partial charge is 0.486 e. The van der Waals surface area contributed by atoms with Crippen LogP contribution in [0.1, 0.15) is 31.4 Å². The fourth-order valence-electron chi connectivity index (χ4n) is 1.80.